The third-order valence-corrected chi connectivity index (χ3v) is 3.67. The van der Waals surface area contributed by atoms with Crippen molar-refractivity contribution < 1.29 is 0 Å². The molecule has 9 heavy (non-hydrogen) atoms. The van der Waals surface area contributed by atoms with Gasteiger partial charge in [0.25, 0.3) is 0 Å². The van der Waals surface area contributed by atoms with Gasteiger partial charge in [0.05, 0.1) is 0 Å². The number of halogens is 1. The summed E-state index contributed by atoms with van der Waals surface area (Å²) in [5.41, 5.74) is 0. The molecule has 1 saturated carbocycles. The van der Waals surface area contributed by atoms with Crippen LogP contribution in [0.15, 0.2) is 0 Å². The Labute approximate surface area is 71.5 Å². The lowest BCUT2D eigenvalue weighted by molar-refractivity contribution is 0.418. The molecule has 0 unspecified atom stereocenters. The van der Waals surface area contributed by atoms with Crippen LogP contribution in [-0.4, -0.2) is 4.43 Å². The molecule has 0 saturated heterocycles. The van der Waals surface area contributed by atoms with E-state index >= 15 is 0 Å². The van der Waals surface area contributed by atoms with E-state index in [0.717, 1.165) is 11.8 Å². The van der Waals surface area contributed by atoms with Crippen LogP contribution in [0.4, 0.5) is 0 Å². The summed E-state index contributed by atoms with van der Waals surface area (Å²) in [6.07, 6.45) is 5.91. The Morgan fingerprint density at radius 1 is 1.33 bits per heavy atom. The lowest BCUT2D eigenvalue weighted by atomic mass is 9.96. The fraction of sp³-hybridized carbons (Fsp3) is 1.00. The average molecular weight is 238 g/mol. The number of hydrogen-bond acceptors (Lipinski definition) is 0. The third kappa shape index (κ3) is 1.82. The summed E-state index contributed by atoms with van der Waals surface area (Å²) >= 11 is 2.53. The molecule has 0 aliphatic heterocycles. The van der Waals surface area contributed by atoms with Gasteiger partial charge >= 0.3 is 0 Å². The first-order chi connectivity index (χ1) is 4.38. The number of hydrogen-bond donors (Lipinski definition) is 0. The van der Waals surface area contributed by atoms with Crippen molar-refractivity contribution in [1.29, 1.82) is 0 Å². The SMILES string of the molecule is CC[C@@H]1CCC[C@@H]1CI. The van der Waals surface area contributed by atoms with Gasteiger partial charge in [0.1, 0.15) is 0 Å². The topological polar surface area (TPSA) is 0 Å². The molecule has 0 spiro atoms. The summed E-state index contributed by atoms with van der Waals surface area (Å²) in [5, 5.41) is 0. The second kappa shape index (κ2) is 3.79. The molecule has 2 atom stereocenters. The predicted octanol–water partition coefficient (Wildman–Crippen LogP) is 3.25. The fourth-order valence-electron chi connectivity index (χ4n) is 1.85. The third-order valence-electron chi connectivity index (χ3n) is 2.54. The van der Waals surface area contributed by atoms with Crippen LogP contribution in [0.5, 0.6) is 0 Å². The monoisotopic (exact) mass is 238 g/mol. The smallest absolute Gasteiger partial charge is 0.00263 e. The molecule has 1 heteroatoms. The molecular weight excluding hydrogens is 223 g/mol. The molecule has 0 radical (unpaired) electrons. The van der Waals surface area contributed by atoms with Crippen molar-refractivity contribution in [2.45, 2.75) is 32.6 Å². The van der Waals surface area contributed by atoms with Crippen LogP contribution in [0.25, 0.3) is 0 Å². The van der Waals surface area contributed by atoms with Crippen LogP contribution in [0.1, 0.15) is 32.6 Å². The summed E-state index contributed by atoms with van der Waals surface area (Å²) in [7, 11) is 0. The maximum Gasteiger partial charge on any atom is 0.00263 e. The van der Waals surface area contributed by atoms with Gasteiger partial charge in [-0.15, -0.1) is 0 Å². The zero-order valence-corrected chi connectivity index (χ0v) is 8.23. The zero-order valence-electron chi connectivity index (χ0n) is 6.07. The van der Waals surface area contributed by atoms with Crippen LogP contribution in [0, 0.1) is 11.8 Å². The Bertz CT molecular complexity index is 70.6. The van der Waals surface area contributed by atoms with Crippen LogP contribution in [0.2, 0.25) is 0 Å². The summed E-state index contributed by atoms with van der Waals surface area (Å²) in [6, 6.07) is 0. The number of rotatable bonds is 2. The maximum atomic E-state index is 2.53. The molecule has 1 aliphatic carbocycles. The van der Waals surface area contributed by atoms with Crippen molar-refractivity contribution >= 4 is 22.6 Å². The second-order valence-electron chi connectivity index (χ2n) is 3.01. The molecule has 1 fully saturated rings. The lowest BCUT2D eigenvalue weighted by Crippen LogP contribution is -2.07. The molecule has 0 heterocycles. The van der Waals surface area contributed by atoms with Gasteiger partial charge in [0.15, 0.2) is 0 Å². The molecule has 0 bridgehead atoms. The molecule has 0 aromatic carbocycles. The quantitative estimate of drug-likeness (QED) is 0.511. The van der Waals surface area contributed by atoms with E-state index in [4.69, 9.17) is 0 Å². The van der Waals surface area contributed by atoms with E-state index < -0.39 is 0 Å². The second-order valence-corrected chi connectivity index (χ2v) is 3.89. The highest BCUT2D eigenvalue weighted by atomic mass is 127. The molecule has 0 aromatic heterocycles. The van der Waals surface area contributed by atoms with Crippen LogP contribution in [-0.2, 0) is 0 Å². The van der Waals surface area contributed by atoms with Crippen LogP contribution >= 0.6 is 22.6 Å². The molecule has 0 aromatic rings. The van der Waals surface area contributed by atoms with Gasteiger partial charge in [-0.3, -0.25) is 0 Å². The summed E-state index contributed by atoms with van der Waals surface area (Å²) in [6.45, 7) is 2.33. The minimum absolute atomic E-state index is 1.07. The fourth-order valence-corrected chi connectivity index (χ4v) is 3.01. The van der Waals surface area contributed by atoms with Crippen LogP contribution in [0.3, 0.4) is 0 Å². The van der Waals surface area contributed by atoms with Gasteiger partial charge in [-0.1, -0.05) is 48.8 Å². The Kier molecular flexibility index (Phi) is 3.30. The van der Waals surface area contributed by atoms with Crippen molar-refractivity contribution in [3.63, 3.8) is 0 Å². The van der Waals surface area contributed by atoms with Crippen molar-refractivity contribution in [1.82, 2.24) is 0 Å². The molecule has 0 nitrogen and oxygen atoms in total. The molecule has 1 aliphatic rings. The summed E-state index contributed by atoms with van der Waals surface area (Å²) < 4.78 is 1.39. The first kappa shape index (κ1) is 7.83. The van der Waals surface area contributed by atoms with Crippen molar-refractivity contribution in [2.24, 2.45) is 11.8 Å². The number of alkyl halides is 1. The normalized spacial score (nSPS) is 35.3. The lowest BCUT2D eigenvalue weighted by Gasteiger charge is -2.13. The van der Waals surface area contributed by atoms with Gasteiger partial charge in [0.2, 0.25) is 0 Å². The average Bonchev–Trinajstić information content (AvgIpc) is 2.33. The van der Waals surface area contributed by atoms with E-state index in [0.29, 0.717) is 0 Å². The highest BCUT2D eigenvalue weighted by Crippen LogP contribution is 2.34. The van der Waals surface area contributed by atoms with Crippen molar-refractivity contribution in [3.8, 4) is 0 Å². The van der Waals surface area contributed by atoms with E-state index in [2.05, 4.69) is 29.5 Å². The summed E-state index contributed by atoms with van der Waals surface area (Å²) in [5.74, 6) is 2.14. The highest BCUT2D eigenvalue weighted by Gasteiger charge is 2.23. The van der Waals surface area contributed by atoms with Gasteiger partial charge in [-0.25, -0.2) is 0 Å². The molecular formula is C8H15I. The van der Waals surface area contributed by atoms with Crippen molar-refractivity contribution in [2.75, 3.05) is 4.43 Å². The van der Waals surface area contributed by atoms with Gasteiger partial charge < -0.3 is 0 Å². The summed E-state index contributed by atoms with van der Waals surface area (Å²) in [4.78, 5) is 0. The Hall–Kier alpha value is 0.730. The van der Waals surface area contributed by atoms with E-state index in [9.17, 15) is 0 Å². The minimum atomic E-state index is 1.07. The first-order valence-electron chi connectivity index (χ1n) is 3.94. The highest BCUT2D eigenvalue weighted by molar-refractivity contribution is 14.1. The van der Waals surface area contributed by atoms with Crippen molar-refractivity contribution in [3.05, 3.63) is 0 Å². The van der Waals surface area contributed by atoms with E-state index in [-0.39, 0.29) is 0 Å². The maximum absolute atomic E-state index is 2.53. The Morgan fingerprint density at radius 3 is 2.44 bits per heavy atom. The van der Waals surface area contributed by atoms with Crippen LogP contribution < -0.4 is 0 Å². The van der Waals surface area contributed by atoms with E-state index in [1.807, 2.05) is 0 Å². The molecule has 1 rings (SSSR count). The minimum Gasteiger partial charge on any atom is -0.0861 e. The zero-order chi connectivity index (χ0) is 6.69. The molecule has 0 amide bonds. The molecule has 54 valence electrons. The Balaban J connectivity index is 2.32. The van der Waals surface area contributed by atoms with Gasteiger partial charge in [-0.05, 0) is 18.3 Å². The van der Waals surface area contributed by atoms with Gasteiger partial charge in [0, 0.05) is 4.43 Å². The first-order valence-corrected chi connectivity index (χ1v) is 5.47. The molecule has 0 N–H and O–H groups in total. The predicted molar refractivity (Wildman–Crippen MR) is 50.0 cm³/mol. The van der Waals surface area contributed by atoms with Gasteiger partial charge in [-0.2, -0.15) is 0 Å². The largest absolute Gasteiger partial charge is 0.0861 e. The van der Waals surface area contributed by atoms with E-state index in [1.54, 1.807) is 0 Å². The standard InChI is InChI=1S/C8H15I/c1-2-7-4-3-5-8(7)6-9/h7-8H,2-6H2,1H3/t7-,8-/m1/s1. The Morgan fingerprint density at radius 2 is 2.00 bits per heavy atom. The van der Waals surface area contributed by atoms with E-state index in [1.165, 1.54) is 30.1 Å².